The van der Waals surface area contributed by atoms with Crippen LogP contribution in [0.15, 0.2) is 24.4 Å². The minimum atomic E-state index is 0.843. The third-order valence-corrected chi connectivity index (χ3v) is 3.36. The number of nitrogens with two attached hydrogens (primary N) is 1. The third-order valence-electron chi connectivity index (χ3n) is 3.36. The molecule has 0 bridgehead atoms. The Morgan fingerprint density at radius 1 is 1.33 bits per heavy atom. The molecule has 0 fully saturated rings. The predicted octanol–water partition coefficient (Wildman–Crippen LogP) is 0.956. The van der Waals surface area contributed by atoms with Gasteiger partial charge in [0, 0.05) is 38.6 Å². The molecule has 5 heteroatoms. The fourth-order valence-electron chi connectivity index (χ4n) is 2.47. The summed E-state index contributed by atoms with van der Waals surface area (Å²) >= 11 is 0. The number of nitrogen functional groups attached to an aromatic ring is 1. The summed E-state index contributed by atoms with van der Waals surface area (Å²) in [6.07, 6.45) is 3.05. The fraction of sp³-hybridized carbons (Fsp3) is 0.385. The number of hydrogen-bond donors (Lipinski definition) is 1. The highest BCUT2D eigenvalue weighted by molar-refractivity contribution is 5.45. The maximum absolute atomic E-state index is 5.84. The molecule has 18 heavy (non-hydrogen) atoms. The number of hydrogen-bond acceptors (Lipinski definition) is 4. The van der Waals surface area contributed by atoms with Crippen LogP contribution in [-0.4, -0.2) is 26.4 Å². The second kappa shape index (κ2) is 4.42. The molecular formula is C13H17N5. The molecule has 94 valence electrons. The van der Waals surface area contributed by atoms with Gasteiger partial charge in [0.2, 0.25) is 0 Å². The first kappa shape index (κ1) is 11.2. The Kier molecular flexibility index (Phi) is 2.76. The van der Waals surface area contributed by atoms with Crippen LogP contribution in [0.4, 0.5) is 5.69 Å². The van der Waals surface area contributed by atoms with E-state index in [1.54, 1.807) is 4.68 Å². The second-order valence-electron chi connectivity index (χ2n) is 4.87. The molecule has 3 rings (SSSR count). The van der Waals surface area contributed by atoms with Crippen LogP contribution in [0, 0.1) is 0 Å². The van der Waals surface area contributed by atoms with Gasteiger partial charge >= 0.3 is 0 Å². The van der Waals surface area contributed by atoms with E-state index in [0.717, 1.165) is 37.4 Å². The first-order chi connectivity index (χ1) is 8.70. The molecule has 1 aliphatic rings. The highest BCUT2D eigenvalue weighted by Crippen LogP contribution is 2.22. The minimum absolute atomic E-state index is 0.843. The van der Waals surface area contributed by atoms with Crippen molar-refractivity contribution in [2.45, 2.75) is 19.5 Å². The van der Waals surface area contributed by atoms with E-state index in [0.29, 0.717) is 0 Å². The summed E-state index contributed by atoms with van der Waals surface area (Å²) in [5, 5.41) is 8.09. The molecule has 1 aromatic carbocycles. The van der Waals surface area contributed by atoms with Gasteiger partial charge in [0.15, 0.2) is 0 Å². The third kappa shape index (κ3) is 2.22. The van der Waals surface area contributed by atoms with Crippen molar-refractivity contribution in [3.63, 3.8) is 0 Å². The molecule has 0 saturated heterocycles. The zero-order valence-electron chi connectivity index (χ0n) is 10.5. The number of anilines is 1. The number of rotatable bonds is 2. The van der Waals surface area contributed by atoms with Gasteiger partial charge in [-0.1, -0.05) is 11.3 Å². The standard InChI is InChI=1S/C13H17N5/c1-17-8-13(15-16-17)9-18-5-4-10-2-3-12(14)6-11(10)7-18/h2-3,6,8H,4-5,7,9,14H2,1H3. The molecule has 1 aliphatic heterocycles. The van der Waals surface area contributed by atoms with Crippen molar-refractivity contribution in [3.8, 4) is 0 Å². The minimum Gasteiger partial charge on any atom is -0.399 e. The molecule has 2 aromatic rings. The van der Waals surface area contributed by atoms with Gasteiger partial charge in [0.25, 0.3) is 0 Å². The first-order valence-electron chi connectivity index (χ1n) is 6.15. The predicted molar refractivity (Wildman–Crippen MR) is 69.7 cm³/mol. The summed E-state index contributed by atoms with van der Waals surface area (Å²) < 4.78 is 1.74. The smallest absolute Gasteiger partial charge is 0.0967 e. The lowest BCUT2D eigenvalue weighted by Crippen LogP contribution is -2.30. The molecule has 0 amide bonds. The van der Waals surface area contributed by atoms with Crippen molar-refractivity contribution in [2.75, 3.05) is 12.3 Å². The Morgan fingerprint density at radius 2 is 2.22 bits per heavy atom. The van der Waals surface area contributed by atoms with Crippen LogP contribution in [0.1, 0.15) is 16.8 Å². The van der Waals surface area contributed by atoms with E-state index in [-0.39, 0.29) is 0 Å². The Balaban J connectivity index is 1.74. The maximum atomic E-state index is 5.84. The van der Waals surface area contributed by atoms with Crippen LogP contribution in [0.25, 0.3) is 0 Å². The van der Waals surface area contributed by atoms with Gasteiger partial charge in [0.05, 0.1) is 5.69 Å². The van der Waals surface area contributed by atoms with Gasteiger partial charge in [0.1, 0.15) is 0 Å². The van der Waals surface area contributed by atoms with E-state index >= 15 is 0 Å². The Labute approximate surface area is 106 Å². The van der Waals surface area contributed by atoms with Gasteiger partial charge in [-0.3, -0.25) is 9.58 Å². The Morgan fingerprint density at radius 3 is 3.00 bits per heavy atom. The normalized spacial score (nSPS) is 15.6. The molecule has 2 N–H and O–H groups in total. The van der Waals surface area contributed by atoms with E-state index in [1.165, 1.54) is 11.1 Å². The SMILES string of the molecule is Cn1cc(CN2CCc3ccc(N)cc3C2)nn1. The Bertz CT molecular complexity index is 560. The lowest BCUT2D eigenvalue weighted by molar-refractivity contribution is 0.242. The monoisotopic (exact) mass is 243 g/mol. The molecule has 0 unspecified atom stereocenters. The highest BCUT2D eigenvalue weighted by atomic mass is 15.4. The maximum Gasteiger partial charge on any atom is 0.0967 e. The van der Waals surface area contributed by atoms with Crippen LogP contribution < -0.4 is 5.73 Å². The Hall–Kier alpha value is -1.88. The summed E-state index contributed by atoms with van der Waals surface area (Å²) in [4.78, 5) is 2.38. The number of benzene rings is 1. The number of nitrogens with zero attached hydrogens (tertiary/aromatic N) is 4. The molecule has 0 spiro atoms. The van der Waals surface area contributed by atoms with Crippen molar-refractivity contribution < 1.29 is 0 Å². The van der Waals surface area contributed by atoms with E-state index in [4.69, 9.17) is 5.73 Å². The van der Waals surface area contributed by atoms with Crippen molar-refractivity contribution in [1.82, 2.24) is 19.9 Å². The number of aromatic nitrogens is 3. The van der Waals surface area contributed by atoms with E-state index in [2.05, 4.69) is 27.3 Å². The quantitative estimate of drug-likeness (QED) is 0.798. The van der Waals surface area contributed by atoms with Crippen molar-refractivity contribution in [3.05, 3.63) is 41.2 Å². The van der Waals surface area contributed by atoms with Gasteiger partial charge in [-0.05, 0) is 29.7 Å². The molecule has 0 radical (unpaired) electrons. The van der Waals surface area contributed by atoms with Gasteiger partial charge < -0.3 is 5.73 Å². The summed E-state index contributed by atoms with van der Waals surface area (Å²) in [6, 6.07) is 6.21. The lowest BCUT2D eigenvalue weighted by atomic mass is 9.99. The van der Waals surface area contributed by atoms with Crippen molar-refractivity contribution in [2.24, 2.45) is 7.05 Å². The van der Waals surface area contributed by atoms with Crippen LogP contribution in [0.3, 0.4) is 0 Å². The molecule has 0 aliphatic carbocycles. The van der Waals surface area contributed by atoms with E-state index < -0.39 is 0 Å². The topological polar surface area (TPSA) is 60.0 Å². The van der Waals surface area contributed by atoms with E-state index in [9.17, 15) is 0 Å². The average molecular weight is 243 g/mol. The zero-order chi connectivity index (χ0) is 12.5. The summed E-state index contributed by atoms with van der Waals surface area (Å²) in [5.41, 5.74) is 10.5. The second-order valence-corrected chi connectivity index (χ2v) is 4.87. The average Bonchev–Trinajstić information content (AvgIpc) is 2.74. The molecule has 0 saturated carbocycles. The molecule has 0 atom stereocenters. The van der Waals surface area contributed by atoms with Gasteiger partial charge in [-0.15, -0.1) is 5.10 Å². The molecular weight excluding hydrogens is 226 g/mol. The molecule has 1 aromatic heterocycles. The van der Waals surface area contributed by atoms with Crippen molar-refractivity contribution in [1.29, 1.82) is 0 Å². The number of fused-ring (bicyclic) bond motifs is 1. The summed E-state index contributed by atoms with van der Waals surface area (Å²) in [6.45, 7) is 2.85. The van der Waals surface area contributed by atoms with E-state index in [1.807, 2.05) is 19.3 Å². The van der Waals surface area contributed by atoms with Crippen LogP contribution in [0.5, 0.6) is 0 Å². The van der Waals surface area contributed by atoms with Gasteiger partial charge in [-0.25, -0.2) is 0 Å². The first-order valence-corrected chi connectivity index (χ1v) is 6.15. The summed E-state index contributed by atoms with van der Waals surface area (Å²) in [5.74, 6) is 0. The largest absolute Gasteiger partial charge is 0.399 e. The van der Waals surface area contributed by atoms with Crippen LogP contribution in [0.2, 0.25) is 0 Å². The lowest BCUT2D eigenvalue weighted by Gasteiger charge is -2.28. The molecule has 2 heterocycles. The fourth-order valence-corrected chi connectivity index (χ4v) is 2.47. The summed E-state index contributed by atoms with van der Waals surface area (Å²) in [7, 11) is 1.89. The van der Waals surface area contributed by atoms with Crippen LogP contribution in [-0.2, 0) is 26.6 Å². The number of aryl methyl sites for hydroxylation is 1. The van der Waals surface area contributed by atoms with Gasteiger partial charge in [-0.2, -0.15) is 0 Å². The van der Waals surface area contributed by atoms with Crippen LogP contribution >= 0.6 is 0 Å². The zero-order valence-corrected chi connectivity index (χ0v) is 10.5. The van der Waals surface area contributed by atoms with Crippen molar-refractivity contribution >= 4 is 5.69 Å². The molecule has 5 nitrogen and oxygen atoms in total. The highest BCUT2D eigenvalue weighted by Gasteiger charge is 2.17.